The fraction of sp³-hybridized carbons (Fsp3) is 0.556. The summed E-state index contributed by atoms with van der Waals surface area (Å²) in [5, 5.41) is 6.38. The summed E-state index contributed by atoms with van der Waals surface area (Å²) in [6, 6.07) is 7.89. The molecule has 1 unspecified atom stereocenters. The summed E-state index contributed by atoms with van der Waals surface area (Å²) < 4.78 is 0. The first-order chi connectivity index (χ1) is 11.6. The van der Waals surface area contributed by atoms with E-state index >= 15 is 0 Å². The Morgan fingerprint density at radius 3 is 2.54 bits per heavy atom. The van der Waals surface area contributed by atoms with Crippen LogP contribution in [0.25, 0.3) is 0 Å². The van der Waals surface area contributed by atoms with Gasteiger partial charge in [0.15, 0.2) is 0 Å². The number of rotatable bonds is 4. The average molecular weight is 330 g/mol. The van der Waals surface area contributed by atoms with Gasteiger partial charge in [0.05, 0.1) is 17.3 Å². The summed E-state index contributed by atoms with van der Waals surface area (Å²) in [5.41, 5.74) is 7.29. The van der Waals surface area contributed by atoms with Crippen molar-refractivity contribution in [2.75, 3.05) is 36.4 Å². The van der Waals surface area contributed by atoms with Gasteiger partial charge >= 0.3 is 0 Å². The van der Waals surface area contributed by atoms with Crippen LogP contribution in [-0.4, -0.2) is 38.0 Å². The van der Waals surface area contributed by atoms with Gasteiger partial charge in [0.2, 0.25) is 11.8 Å². The quantitative estimate of drug-likeness (QED) is 0.777. The van der Waals surface area contributed by atoms with Crippen LogP contribution in [0.4, 0.5) is 11.4 Å². The minimum atomic E-state index is -0.207. The van der Waals surface area contributed by atoms with E-state index in [1.165, 1.54) is 0 Å². The number of para-hydroxylation sites is 2. The van der Waals surface area contributed by atoms with E-state index in [9.17, 15) is 9.59 Å². The van der Waals surface area contributed by atoms with Crippen molar-refractivity contribution in [2.45, 2.75) is 25.7 Å². The number of nitrogens with one attached hydrogen (secondary N) is 2. The van der Waals surface area contributed by atoms with Gasteiger partial charge in [-0.25, -0.2) is 0 Å². The topological polar surface area (TPSA) is 87.5 Å². The summed E-state index contributed by atoms with van der Waals surface area (Å²) in [4.78, 5) is 26.1. The predicted octanol–water partition coefficient (Wildman–Crippen LogP) is 1.33. The highest BCUT2D eigenvalue weighted by atomic mass is 16.2. The van der Waals surface area contributed by atoms with Crippen LogP contribution in [0, 0.1) is 11.8 Å². The van der Waals surface area contributed by atoms with Crippen molar-refractivity contribution < 1.29 is 9.59 Å². The number of carbonyl (C=O) groups is 2. The SMILES string of the molecule is NC(=O)C1CCN(c2ccccc2NC(=O)C2CCCNC2)CC1. The second-order valence-electron chi connectivity index (χ2n) is 6.71. The molecule has 0 aromatic heterocycles. The molecule has 24 heavy (non-hydrogen) atoms. The third kappa shape index (κ3) is 3.87. The molecule has 2 heterocycles. The molecule has 2 fully saturated rings. The molecule has 130 valence electrons. The van der Waals surface area contributed by atoms with Crippen molar-refractivity contribution in [1.29, 1.82) is 0 Å². The lowest BCUT2D eigenvalue weighted by molar-refractivity contribution is -0.122. The molecule has 3 rings (SSSR count). The van der Waals surface area contributed by atoms with Gasteiger partial charge in [-0.1, -0.05) is 12.1 Å². The van der Waals surface area contributed by atoms with E-state index in [1.807, 2.05) is 24.3 Å². The lowest BCUT2D eigenvalue weighted by Crippen LogP contribution is -2.39. The lowest BCUT2D eigenvalue weighted by Gasteiger charge is -2.33. The van der Waals surface area contributed by atoms with Crippen LogP contribution in [0.15, 0.2) is 24.3 Å². The average Bonchev–Trinajstić information content (AvgIpc) is 2.63. The molecule has 0 radical (unpaired) electrons. The maximum absolute atomic E-state index is 12.5. The molecule has 2 saturated heterocycles. The van der Waals surface area contributed by atoms with Crippen LogP contribution in [0.3, 0.4) is 0 Å². The number of hydrogen-bond acceptors (Lipinski definition) is 4. The molecule has 1 atom stereocenters. The Morgan fingerprint density at radius 2 is 1.88 bits per heavy atom. The largest absolute Gasteiger partial charge is 0.370 e. The number of benzene rings is 1. The highest BCUT2D eigenvalue weighted by Gasteiger charge is 2.26. The van der Waals surface area contributed by atoms with Crippen LogP contribution >= 0.6 is 0 Å². The second kappa shape index (κ2) is 7.66. The zero-order chi connectivity index (χ0) is 16.9. The minimum Gasteiger partial charge on any atom is -0.370 e. The Bertz CT molecular complexity index is 590. The third-order valence-electron chi connectivity index (χ3n) is 5.07. The van der Waals surface area contributed by atoms with Crippen molar-refractivity contribution in [3.63, 3.8) is 0 Å². The van der Waals surface area contributed by atoms with E-state index in [0.29, 0.717) is 0 Å². The Morgan fingerprint density at radius 1 is 1.12 bits per heavy atom. The summed E-state index contributed by atoms with van der Waals surface area (Å²) in [6.07, 6.45) is 3.51. The van der Waals surface area contributed by atoms with Crippen molar-refractivity contribution in [3.05, 3.63) is 24.3 Å². The molecule has 0 spiro atoms. The van der Waals surface area contributed by atoms with Gasteiger partial charge < -0.3 is 21.3 Å². The fourth-order valence-corrected chi connectivity index (χ4v) is 3.57. The van der Waals surface area contributed by atoms with E-state index in [1.54, 1.807) is 0 Å². The highest BCUT2D eigenvalue weighted by Crippen LogP contribution is 2.30. The molecule has 1 aromatic rings. The molecule has 0 bridgehead atoms. The zero-order valence-corrected chi connectivity index (χ0v) is 14.0. The second-order valence-corrected chi connectivity index (χ2v) is 6.71. The van der Waals surface area contributed by atoms with Crippen LogP contribution in [0.2, 0.25) is 0 Å². The molecule has 2 aliphatic heterocycles. The first kappa shape index (κ1) is 16.8. The molecule has 0 aliphatic carbocycles. The number of nitrogens with two attached hydrogens (primary N) is 1. The molecule has 2 amide bonds. The number of piperidine rings is 2. The van der Waals surface area contributed by atoms with Crippen LogP contribution < -0.4 is 21.3 Å². The number of anilines is 2. The lowest BCUT2D eigenvalue weighted by atomic mass is 9.95. The summed E-state index contributed by atoms with van der Waals surface area (Å²) >= 11 is 0. The molecule has 1 aromatic carbocycles. The first-order valence-corrected chi connectivity index (χ1v) is 8.80. The number of hydrogen-bond donors (Lipinski definition) is 3. The van der Waals surface area contributed by atoms with Crippen molar-refractivity contribution >= 4 is 23.2 Å². The molecule has 6 heteroatoms. The third-order valence-corrected chi connectivity index (χ3v) is 5.07. The Kier molecular flexibility index (Phi) is 5.35. The molecule has 2 aliphatic rings. The van der Waals surface area contributed by atoms with E-state index in [0.717, 1.165) is 63.2 Å². The molecule has 4 N–H and O–H groups in total. The van der Waals surface area contributed by atoms with Crippen molar-refractivity contribution in [2.24, 2.45) is 17.6 Å². The molecular formula is C18H26N4O2. The Hall–Kier alpha value is -2.08. The van der Waals surface area contributed by atoms with Crippen molar-refractivity contribution in [1.82, 2.24) is 5.32 Å². The monoisotopic (exact) mass is 330 g/mol. The van der Waals surface area contributed by atoms with E-state index < -0.39 is 0 Å². The number of primary amides is 1. The summed E-state index contributed by atoms with van der Waals surface area (Å²) in [7, 11) is 0. The van der Waals surface area contributed by atoms with Gasteiger partial charge in [-0.15, -0.1) is 0 Å². The molecule has 6 nitrogen and oxygen atoms in total. The van der Waals surface area contributed by atoms with E-state index in [4.69, 9.17) is 5.73 Å². The fourth-order valence-electron chi connectivity index (χ4n) is 3.57. The number of carbonyl (C=O) groups excluding carboxylic acids is 2. The maximum Gasteiger partial charge on any atom is 0.228 e. The minimum absolute atomic E-state index is 0.0312. The smallest absolute Gasteiger partial charge is 0.228 e. The van der Waals surface area contributed by atoms with Gasteiger partial charge in [-0.2, -0.15) is 0 Å². The van der Waals surface area contributed by atoms with Gasteiger partial charge in [0.25, 0.3) is 0 Å². The Labute approximate surface area is 142 Å². The van der Waals surface area contributed by atoms with Gasteiger partial charge in [-0.05, 0) is 44.4 Å². The number of amides is 2. The van der Waals surface area contributed by atoms with Gasteiger partial charge in [-0.3, -0.25) is 9.59 Å². The standard InChI is InChI=1S/C18H26N4O2/c19-17(23)13-7-10-22(11-8-13)16-6-2-1-5-15(16)21-18(24)14-4-3-9-20-12-14/h1-2,5-6,13-14,20H,3-4,7-12H2,(H2,19,23)(H,21,24). The number of nitrogens with zero attached hydrogens (tertiary/aromatic N) is 1. The van der Waals surface area contributed by atoms with Crippen LogP contribution in [0.1, 0.15) is 25.7 Å². The summed E-state index contributed by atoms with van der Waals surface area (Å²) in [5.74, 6) is -0.119. The van der Waals surface area contributed by atoms with Crippen LogP contribution in [0.5, 0.6) is 0 Å². The van der Waals surface area contributed by atoms with Crippen molar-refractivity contribution in [3.8, 4) is 0 Å². The normalized spacial score (nSPS) is 22.2. The van der Waals surface area contributed by atoms with Gasteiger partial charge in [0, 0.05) is 25.6 Å². The Balaban J connectivity index is 1.67. The summed E-state index contributed by atoms with van der Waals surface area (Å²) in [6.45, 7) is 3.31. The highest BCUT2D eigenvalue weighted by molar-refractivity contribution is 5.96. The predicted molar refractivity (Wildman–Crippen MR) is 94.8 cm³/mol. The zero-order valence-electron chi connectivity index (χ0n) is 14.0. The molecular weight excluding hydrogens is 304 g/mol. The van der Waals surface area contributed by atoms with E-state index in [-0.39, 0.29) is 23.7 Å². The molecule has 0 saturated carbocycles. The first-order valence-electron chi connectivity index (χ1n) is 8.80. The van der Waals surface area contributed by atoms with E-state index in [2.05, 4.69) is 15.5 Å². The van der Waals surface area contributed by atoms with Crippen LogP contribution in [-0.2, 0) is 9.59 Å². The maximum atomic E-state index is 12.5. The van der Waals surface area contributed by atoms with Gasteiger partial charge in [0.1, 0.15) is 0 Å².